The highest BCUT2D eigenvalue weighted by atomic mass is 35.5. The van der Waals surface area contributed by atoms with Gasteiger partial charge < -0.3 is 0 Å². The van der Waals surface area contributed by atoms with Crippen molar-refractivity contribution < 1.29 is 16.8 Å². The number of rotatable bonds is 4. The minimum absolute atomic E-state index is 0.0183. The Balaban J connectivity index is 1.85. The largest absolute Gasteiger partial charge is 0.280 e. The summed E-state index contributed by atoms with van der Waals surface area (Å²) in [4.78, 5) is 0. The minimum atomic E-state index is -3.90. The summed E-state index contributed by atoms with van der Waals surface area (Å²) in [5, 5.41) is 3.67. The highest BCUT2D eigenvalue weighted by molar-refractivity contribution is 7.93. The van der Waals surface area contributed by atoms with Gasteiger partial charge in [0.2, 0.25) is 10.0 Å². The molecule has 1 aliphatic heterocycles. The van der Waals surface area contributed by atoms with Gasteiger partial charge in [-0.25, -0.2) is 8.42 Å². The second kappa shape index (κ2) is 5.94. The van der Waals surface area contributed by atoms with E-state index in [0.717, 1.165) is 4.68 Å². The molecular weight excluding hydrogens is 376 g/mol. The molecule has 2 aromatic rings. The molecule has 0 radical (unpaired) electrons. The molecule has 8 nitrogen and oxygen atoms in total. The number of aromatic nitrogens is 2. The van der Waals surface area contributed by atoms with Gasteiger partial charge in [-0.3, -0.25) is 13.7 Å². The van der Waals surface area contributed by atoms with Crippen molar-refractivity contribution in [3.8, 4) is 0 Å². The number of halogens is 1. The van der Waals surface area contributed by atoms with Crippen LogP contribution < -0.4 is 9.03 Å². The molecule has 11 heteroatoms. The number of nitrogens with one attached hydrogen (secondary N) is 1. The zero-order chi connectivity index (χ0) is 17.5. The molecule has 1 aromatic heterocycles. The molecule has 1 aliphatic rings. The number of nitrogens with zero attached hydrogens (tertiary/aromatic N) is 3. The molecule has 24 heavy (non-hydrogen) atoms. The lowest BCUT2D eigenvalue weighted by molar-refractivity contribution is 0.582. The van der Waals surface area contributed by atoms with Crippen LogP contribution in [0.4, 0.5) is 11.4 Å². The molecule has 0 aliphatic carbocycles. The number of anilines is 2. The van der Waals surface area contributed by atoms with Gasteiger partial charge in [0, 0.05) is 19.3 Å². The van der Waals surface area contributed by atoms with E-state index in [0.29, 0.717) is 24.3 Å². The predicted molar refractivity (Wildman–Crippen MR) is 91.2 cm³/mol. The van der Waals surface area contributed by atoms with Gasteiger partial charge in [0.15, 0.2) is 5.03 Å². The smallest absolute Gasteiger partial charge is 0.278 e. The molecule has 2 heterocycles. The van der Waals surface area contributed by atoms with Crippen LogP contribution in [0, 0.1) is 0 Å². The quantitative estimate of drug-likeness (QED) is 0.850. The van der Waals surface area contributed by atoms with Crippen molar-refractivity contribution in [2.45, 2.75) is 11.4 Å². The van der Waals surface area contributed by atoms with Gasteiger partial charge in [-0.2, -0.15) is 13.5 Å². The molecule has 1 N–H and O–H groups in total. The van der Waals surface area contributed by atoms with Crippen LogP contribution in [0.15, 0.2) is 35.5 Å². The Morgan fingerprint density at radius 1 is 1.25 bits per heavy atom. The van der Waals surface area contributed by atoms with Gasteiger partial charge in [-0.15, -0.1) is 0 Å². The summed E-state index contributed by atoms with van der Waals surface area (Å²) in [6.07, 6.45) is 1.83. The van der Waals surface area contributed by atoms with Crippen molar-refractivity contribution in [3.63, 3.8) is 0 Å². The van der Waals surface area contributed by atoms with Crippen LogP contribution in [0.2, 0.25) is 5.02 Å². The maximum Gasteiger partial charge on any atom is 0.280 e. The molecule has 3 rings (SSSR count). The van der Waals surface area contributed by atoms with Gasteiger partial charge in [-0.05, 0) is 30.7 Å². The number of hydrogen-bond donors (Lipinski definition) is 1. The summed E-state index contributed by atoms with van der Waals surface area (Å²) >= 11 is 5.86. The van der Waals surface area contributed by atoms with Crippen LogP contribution in [-0.4, -0.2) is 38.9 Å². The molecule has 130 valence electrons. The average molecular weight is 391 g/mol. The van der Waals surface area contributed by atoms with E-state index in [9.17, 15) is 16.8 Å². The summed E-state index contributed by atoms with van der Waals surface area (Å²) < 4.78 is 53.4. The van der Waals surface area contributed by atoms with E-state index in [-0.39, 0.29) is 15.8 Å². The van der Waals surface area contributed by atoms with E-state index in [2.05, 4.69) is 9.82 Å². The lowest BCUT2D eigenvalue weighted by Gasteiger charge is -2.17. The highest BCUT2D eigenvalue weighted by Gasteiger charge is 2.28. The summed E-state index contributed by atoms with van der Waals surface area (Å²) in [6, 6.07) is 6.13. The molecule has 0 spiro atoms. The monoisotopic (exact) mass is 390 g/mol. The SMILES string of the molecule is Cn1ncc(Cl)c1S(=O)(=O)Nc1ccc(N2CCCS2(=O)=O)cc1. The fraction of sp³-hybridized carbons (Fsp3) is 0.308. The lowest BCUT2D eigenvalue weighted by Crippen LogP contribution is -2.25. The van der Waals surface area contributed by atoms with Crippen LogP contribution in [0.1, 0.15) is 6.42 Å². The highest BCUT2D eigenvalue weighted by Crippen LogP contribution is 2.27. The van der Waals surface area contributed by atoms with Crippen LogP contribution in [0.3, 0.4) is 0 Å². The first-order valence-corrected chi connectivity index (χ1v) is 10.5. The van der Waals surface area contributed by atoms with Gasteiger partial charge in [-0.1, -0.05) is 11.6 Å². The maximum atomic E-state index is 12.4. The number of hydrogen-bond acceptors (Lipinski definition) is 5. The molecule has 0 atom stereocenters. The maximum absolute atomic E-state index is 12.4. The Morgan fingerprint density at radius 3 is 2.42 bits per heavy atom. The second-order valence-electron chi connectivity index (χ2n) is 5.32. The van der Waals surface area contributed by atoms with Crippen LogP contribution in [-0.2, 0) is 27.1 Å². The van der Waals surface area contributed by atoms with E-state index in [1.807, 2.05) is 0 Å². The minimum Gasteiger partial charge on any atom is -0.278 e. The van der Waals surface area contributed by atoms with Crippen LogP contribution in [0.5, 0.6) is 0 Å². The van der Waals surface area contributed by atoms with Crippen molar-refractivity contribution in [3.05, 3.63) is 35.5 Å². The molecule has 0 bridgehead atoms. The molecule has 0 amide bonds. The molecule has 1 fully saturated rings. The van der Waals surface area contributed by atoms with Crippen molar-refractivity contribution in [1.29, 1.82) is 0 Å². The average Bonchev–Trinajstić information content (AvgIpc) is 3.01. The van der Waals surface area contributed by atoms with E-state index < -0.39 is 20.0 Å². The van der Waals surface area contributed by atoms with E-state index in [1.165, 1.54) is 29.7 Å². The van der Waals surface area contributed by atoms with Gasteiger partial charge in [0.25, 0.3) is 10.0 Å². The summed E-state index contributed by atoms with van der Waals surface area (Å²) in [6.45, 7) is 0.429. The molecule has 0 unspecified atom stereocenters. The standard InChI is InChI=1S/C13H15ClN4O4S2/c1-17-13(12(14)9-15-17)24(21,22)16-10-3-5-11(6-4-10)18-7-2-8-23(18,19)20/h3-6,9,16H,2,7-8H2,1H3. The normalized spacial score (nSPS) is 17.2. The van der Waals surface area contributed by atoms with Gasteiger partial charge >= 0.3 is 0 Å². The summed E-state index contributed by atoms with van der Waals surface area (Å²) in [5.41, 5.74) is 0.807. The number of benzene rings is 1. The van der Waals surface area contributed by atoms with Crippen molar-refractivity contribution in [1.82, 2.24) is 9.78 Å². The van der Waals surface area contributed by atoms with E-state index in [4.69, 9.17) is 11.6 Å². The lowest BCUT2D eigenvalue weighted by atomic mass is 10.3. The fourth-order valence-electron chi connectivity index (χ4n) is 2.53. The first-order chi connectivity index (χ1) is 11.2. The number of sulfonamides is 2. The molecule has 0 saturated carbocycles. The fourth-order valence-corrected chi connectivity index (χ4v) is 5.81. The third-order valence-electron chi connectivity index (χ3n) is 3.60. The summed E-state index contributed by atoms with van der Waals surface area (Å²) in [7, 11) is -5.69. The van der Waals surface area contributed by atoms with Crippen LogP contribution >= 0.6 is 11.6 Å². The second-order valence-corrected chi connectivity index (χ2v) is 9.33. The third-order valence-corrected chi connectivity index (χ3v) is 7.36. The zero-order valence-corrected chi connectivity index (χ0v) is 15.1. The molecule has 1 aromatic carbocycles. The van der Waals surface area contributed by atoms with Gasteiger partial charge in [0.1, 0.15) is 0 Å². The van der Waals surface area contributed by atoms with Crippen LogP contribution in [0.25, 0.3) is 0 Å². The van der Waals surface area contributed by atoms with Crippen molar-refractivity contribution in [2.24, 2.45) is 7.05 Å². The predicted octanol–water partition coefficient (Wildman–Crippen LogP) is 1.41. The number of aryl methyl sites for hydroxylation is 1. The summed E-state index contributed by atoms with van der Waals surface area (Å²) in [5.74, 6) is 0.125. The Hall–Kier alpha value is -1.78. The van der Waals surface area contributed by atoms with Crippen molar-refractivity contribution in [2.75, 3.05) is 21.3 Å². The molecular formula is C13H15ClN4O4S2. The van der Waals surface area contributed by atoms with Gasteiger partial charge in [0.05, 0.1) is 22.7 Å². The topological polar surface area (TPSA) is 101 Å². The zero-order valence-electron chi connectivity index (χ0n) is 12.7. The Bertz CT molecular complexity index is 948. The van der Waals surface area contributed by atoms with E-state index >= 15 is 0 Å². The first kappa shape index (κ1) is 17.1. The Morgan fingerprint density at radius 2 is 1.92 bits per heavy atom. The third kappa shape index (κ3) is 3.08. The first-order valence-electron chi connectivity index (χ1n) is 7.01. The molecule has 1 saturated heterocycles. The van der Waals surface area contributed by atoms with E-state index in [1.54, 1.807) is 12.1 Å². The Kier molecular flexibility index (Phi) is 4.22. The Labute approximate surface area is 145 Å². The van der Waals surface area contributed by atoms with Crippen molar-refractivity contribution >= 4 is 43.0 Å².